The van der Waals surface area contributed by atoms with Crippen LogP contribution in [-0.2, 0) is 16.0 Å². The minimum atomic E-state index is -0.835. The van der Waals surface area contributed by atoms with Crippen LogP contribution in [0.5, 0.6) is 0 Å². The Morgan fingerprint density at radius 3 is 2.36 bits per heavy atom. The van der Waals surface area contributed by atoms with E-state index in [1.54, 1.807) is 22.7 Å². The van der Waals surface area contributed by atoms with Crippen molar-refractivity contribution in [3.8, 4) is 20.2 Å². The van der Waals surface area contributed by atoms with Crippen LogP contribution < -0.4 is 5.32 Å². The van der Waals surface area contributed by atoms with E-state index in [-0.39, 0.29) is 12.5 Å². The third-order valence-corrected chi connectivity index (χ3v) is 9.13. The molecule has 0 spiro atoms. The number of ether oxygens (including phenoxy) is 1. The SMILES string of the molecule is Cc1nsc(-c2cc3sc(-c4ccc(CC(=O)O)cc4)cc3s2)c1NC(=O)OC(C)c1ccccc1. The highest BCUT2D eigenvalue weighted by molar-refractivity contribution is 7.32. The maximum atomic E-state index is 12.7. The number of aryl methyl sites for hydroxylation is 1. The molecule has 5 rings (SSSR count). The lowest BCUT2D eigenvalue weighted by Crippen LogP contribution is -2.16. The summed E-state index contributed by atoms with van der Waals surface area (Å²) in [5, 5.41) is 11.9. The number of hydrogen-bond donors (Lipinski definition) is 2. The van der Waals surface area contributed by atoms with Crippen molar-refractivity contribution in [3.63, 3.8) is 0 Å². The van der Waals surface area contributed by atoms with Gasteiger partial charge < -0.3 is 9.84 Å². The van der Waals surface area contributed by atoms with E-state index in [2.05, 4.69) is 21.8 Å². The highest BCUT2D eigenvalue weighted by Gasteiger charge is 2.20. The highest BCUT2D eigenvalue weighted by Crippen LogP contribution is 2.45. The Labute approximate surface area is 220 Å². The summed E-state index contributed by atoms with van der Waals surface area (Å²) < 4.78 is 12.4. The Bertz CT molecular complexity index is 1500. The van der Waals surface area contributed by atoms with Crippen LogP contribution in [0.1, 0.15) is 29.8 Å². The molecule has 3 aromatic heterocycles. The van der Waals surface area contributed by atoms with Crippen LogP contribution in [0.4, 0.5) is 10.5 Å². The van der Waals surface area contributed by atoms with Crippen LogP contribution in [0.2, 0.25) is 0 Å². The van der Waals surface area contributed by atoms with Gasteiger partial charge in [0.1, 0.15) is 6.10 Å². The zero-order chi connectivity index (χ0) is 25.2. The molecular weight excluding hydrogens is 513 g/mol. The van der Waals surface area contributed by atoms with Gasteiger partial charge in [0, 0.05) is 14.3 Å². The van der Waals surface area contributed by atoms with Crippen LogP contribution in [0.25, 0.3) is 29.6 Å². The van der Waals surface area contributed by atoms with Gasteiger partial charge >= 0.3 is 12.1 Å². The first kappa shape index (κ1) is 24.2. The number of thiophene rings is 2. The van der Waals surface area contributed by atoms with Gasteiger partial charge in [0.2, 0.25) is 0 Å². The van der Waals surface area contributed by atoms with Gasteiger partial charge in [-0.25, -0.2) is 4.79 Å². The van der Waals surface area contributed by atoms with Crippen molar-refractivity contribution in [2.45, 2.75) is 26.4 Å². The summed E-state index contributed by atoms with van der Waals surface area (Å²) in [5.74, 6) is -0.835. The molecule has 0 aliphatic heterocycles. The molecule has 182 valence electrons. The summed E-state index contributed by atoms with van der Waals surface area (Å²) in [6, 6.07) is 21.5. The molecule has 0 saturated carbocycles. The first-order chi connectivity index (χ1) is 17.4. The molecule has 0 aliphatic carbocycles. The van der Waals surface area contributed by atoms with Crippen LogP contribution >= 0.6 is 34.2 Å². The van der Waals surface area contributed by atoms with Crippen LogP contribution in [0.15, 0.2) is 66.7 Å². The summed E-state index contributed by atoms with van der Waals surface area (Å²) >= 11 is 4.70. The molecule has 2 aromatic carbocycles. The number of nitrogens with one attached hydrogen (secondary N) is 1. The maximum absolute atomic E-state index is 12.7. The second-order valence-electron chi connectivity index (χ2n) is 8.27. The molecule has 9 heteroatoms. The zero-order valence-electron chi connectivity index (χ0n) is 19.5. The number of carbonyl (C=O) groups excluding carboxylic acids is 1. The number of fused-ring (bicyclic) bond motifs is 1. The first-order valence-corrected chi connectivity index (χ1v) is 13.6. The predicted octanol–water partition coefficient (Wildman–Crippen LogP) is 8.00. The topological polar surface area (TPSA) is 88.5 Å². The molecule has 36 heavy (non-hydrogen) atoms. The average molecular weight is 535 g/mol. The summed E-state index contributed by atoms with van der Waals surface area (Å²) in [4.78, 5) is 26.6. The number of benzene rings is 2. The van der Waals surface area contributed by atoms with Gasteiger partial charge in [0.05, 0.1) is 27.6 Å². The summed E-state index contributed by atoms with van der Waals surface area (Å²) in [6.07, 6.45) is -0.861. The molecule has 1 atom stereocenters. The molecule has 0 saturated heterocycles. The van der Waals surface area contributed by atoms with E-state index in [0.717, 1.165) is 46.4 Å². The van der Waals surface area contributed by atoms with Gasteiger partial charge in [-0.2, -0.15) is 4.37 Å². The van der Waals surface area contributed by atoms with Gasteiger partial charge in [0.15, 0.2) is 0 Å². The maximum Gasteiger partial charge on any atom is 0.412 e. The molecule has 2 N–H and O–H groups in total. The zero-order valence-corrected chi connectivity index (χ0v) is 21.9. The second-order valence-corrected chi connectivity index (χ2v) is 11.2. The van der Waals surface area contributed by atoms with Crippen molar-refractivity contribution < 1.29 is 19.4 Å². The molecule has 3 heterocycles. The van der Waals surface area contributed by atoms with Crippen LogP contribution in [-0.4, -0.2) is 21.5 Å². The van der Waals surface area contributed by atoms with E-state index in [0.29, 0.717) is 5.69 Å². The number of aliphatic carboxylic acids is 1. The minimum absolute atomic E-state index is 0.0204. The number of aromatic nitrogens is 1. The molecule has 0 aliphatic rings. The number of hydrogen-bond acceptors (Lipinski definition) is 7. The van der Waals surface area contributed by atoms with Crippen molar-refractivity contribution in [3.05, 3.63) is 83.6 Å². The van der Waals surface area contributed by atoms with E-state index >= 15 is 0 Å². The molecule has 0 bridgehead atoms. The number of anilines is 1. The Kier molecular flexibility index (Phi) is 6.86. The Morgan fingerprint density at radius 1 is 1.00 bits per heavy atom. The van der Waals surface area contributed by atoms with Crippen molar-refractivity contribution in [2.24, 2.45) is 0 Å². The number of carbonyl (C=O) groups is 2. The Balaban J connectivity index is 1.33. The van der Waals surface area contributed by atoms with Crippen LogP contribution in [0, 0.1) is 6.92 Å². The standard InChI is InChI=1S/C27H22N2O4S3/c1-15-25(28-27(32)33-16(2)18-6-4-3-5-7-18)26(36-29-15)23-14-22-21(35-23)13-20(34-22)19-10-8-17(9-11-19)12-24(30)31/h3-11,13-14,16H,12H2,1-2H3,(H,28,32)(H,30,31). The average Bonchev–Trinajstić information content (AvgIpc) is 3.53. The molecule has 0 fully saturated rings. The fourth-order valence-electron chi connectivity index (χ4n) is 3.82. The predicted molar refractivity (Wildman–Crippen MR) is 147 cm³/mol. The fraction of sp³-hybridized carbons (Fsp3) is 0.148. The number of rotatable bonds is 7. The van der Waals surface area contributed by atoms with Crippen molar-refractivity contribution >= 4 is 61.4 Å². The molecule has 1 unspecified atom stereocenters. The number of amides is 1. The van der Waals surface area contributed by atoms with Gasteiger partial charge in [-0.05, 0) is 54.2 Å². The molecular formula is C27H22N2O4S3. The lowest BCUT2D eigenvalue weighted by atomic mass is 10.1. The summed E-state index contributed by atoms with van der Waals surface area (Å²) in [7, 11) is 0. The van der Waals surface area contributed by atoms with Gasteiger partial charge in [-0.3, -0.25) is 10.1 Å². The summed E-state index contributed by atoms with van der Waals surface area (Å²) in [5.41, 5.74) is 4.19. The first-order valence-electron chi connectivity index (χ1n) is 11.2. The van der Waals surface area contributed by atoms with Gasteiger partial charge in [-0.15, -0.1) is 22.7 Å². The van der Waals surface area contributed by atoms with Crippen molar-refractivity contribution in [2.75, 3.05) is 5.32 Å². The van der Waals surface area contributed by atoms with E-state index < -0.39 is 12.1 Å². The van der Waals surface area contributed by atoms with E-state index in [4.69, 9.17) is 9.84 Å². The number of nitrogens with zero attached hydrogens (tertiary/aromatic N) is 1. The van der Waals surface area contributed by atoms with Crippen molar-refractivity contribution in [1.82, 2.24) is 4.37 Å². The monoisotopic (exact) mass is 534 g/mol. The third kappa shape index (κ3) is 5.18. The van der Waals surface area contributed by atoms with E-state index in [1.807, 2.05) is 68.4 Å². The number of carboxylic acid groups (broad SMARTS) is 1. The van der Waals surface area contributed by atoms with Crippen molar-refractivity contribution in [1.29, 1.82) is 0 Å². The Morgan fingerprint density at radius 2 is 1.67 bits per heavy atom. The summed E-state index contributed by atoms with van der Waals surface area (Å²) in [6.45, 7) is 3.72. The largest absolute Gasteiger partial charge is 0.481 e. The highest BCUT2D eigenvalue weighted by atomic mass is 32.1. The lowest BCUT2D eigenvalue weighted by Gasteiger charge is -2.14. The van der Waals surface area contributed by atoms with E-state index in [1.165, 1.54) is 11.5 Å². The van der Waals surface area contributed by atoms with Crippen LogP contribution in [0.3, 0.4) is 0 Å². The molecule has 5 aromatic rings. The van der Waals surface area contributed by atoms with Gasteiger partial charge in [-0.1, -0.05) is 54.6 Å². The Hall–Kier alpha value is -3.53. The van der Waals surface area contributed by atoms with E-state index in [9.17, 15) is 9.59 Å². The fourth-order valence-corrected chi connectivity index (χ4v) is 7.16. The molecule has 0 radical (unpaired) electrons. The second kappa shape index (κ2) is 10.2. The smallest absolute Gasteiger partial charge is 0.412 e. The normalized spacial score (nSPS) is 11.9. The number of carboxylic acids is 1. The quantitative estimate of drug-likeness (QED) is 0.221. The minimum Gasteiger partial charge on any atom is -0.481 e. The van der Waals surface area contributed by atoms with Gasteiger partial charge in [0.25, 0.3) is 0 Å². The molecule has 1 amide bonds. The molecule has 6 nitrogen and oxygen atoms in total. The third-order valence-electron chi connectivity index (χ3n) is 5.67. The lowest BCUT2D eigenvalue weighted by molar-refractivity contribution is -0.136.